The third-order valence-electron chi connectivity index (χ3n) is 4.99. The lowest BCUT2D eigenvalue weighted by atomic mass is 10.0. The molecule has 0 unspecified atom stereocenters. The lowest BCUT2D eigenvalue weighted by molar-refractivity contribution is -0.128. The summed E-state index contributed by atoms with van der Waals surface area (Å²) in [5.41, 5.74) is 2.11. The zero-order valence-electron chi connectivity index (χ0n) is 17.4. The number of nitrogens with zero attached hydrogens (tertiary/aromatic N) is 4. The second-order valence-electron chi connectivity index (χ2n) is 8.10. The summed E-state index contributed by atoms with van der Waals surface area (Å²) in [7, 11) is 3.96. The van der Waals surface area contributed by atoms with Gasteiger partial charge in [0, 0.05) is 45.1 Å². The van der Waals surface area contributed by atoms with Crippen molar-refractivity contribution in [1.82, 2.24) is 19.8 Å². The van der Waals surface area contributed by atoms with Crippen LogP contribution in [0.1, 0.15) is 43.3 Å². The molecule has 1 aliphatic rings. The van der Waals surface area contributed by atoms with Crippen LogP contribution in [0.3, 0.4) is 0 Å². The molecule has 2 aromatic rings. The first-order chi connectivity index (χ1) is 13.4. The van der Waals surface area contributed by atoms with Crippen molar-refractivity contribution in [3.8, 4) is 0 Å². The van der Waals surface area contributed by atoms with Crippen molar-refractivity contribution in [2.75, 3.05) is 32.5 Å². The molecule has 1 fully saturated rings. The molecule has 0 saturated carbocycles. The highest BCUT2D eigenvalue weighted by Crippen LogP contribution is 2.29. The van der Waals surface area contributed by atoms with Crippen molar-refractivity contribution in [1.29, 1.82) is 0 Å². The summed E-state index contributed by atoms with van der Waals surface area (Å²) in [6.45, 7) is 7.47. The minimum atomic E-state index is 0.112. The molecule has 1 N–H and O–H groups in total. The Bertz CT molecular complexity index is 793. The molecule has 1 aromatic carbocycles. The fraction of sp³-hybridized carbons (Fsp3) is 0.500. The number of nitrogens with one attached hydrogen (secondary N) is 1. The van der Waals surface area contributed by atoms with Gasteiger partial charge < -0.3 is 10.2 Å². The molecule has 0 bridgehead atoms. The number of benzene rings is 1. The number of hydrogen-bond acceptors (Lipinski definition) is 5. The van der Waals surface area contributed by atoms with Crippen LogP contribution in [0.15, 0.2) is 36.4 Å². The van der Waals surface area contributed by atoms with Crippen molar-refractivity contribution in [2.45, 2.75) is 39.3 Å². The van der Waals surface area contributed by atoms with E-state index in [1.54, 1.807) is 0 Å². The number of carbonyl (C=O) groups excluding carboxylic acids is 1. The summed E-state index contributed by atoms with van der Waals surface area (Å²) >= 11 is 0. The number of rotatable bonds is 8. The van der Waals surface area contributed by atoms with Crippen molar-refractivity contribution >= 4 is 11.7 Å². The highest BCUT2D eigenvalue weighted by Gasteiger charge is 2.32. The molecular weight excluding hydrogens is 350 g/mol. The lowest BCUT2D eigenvalue weighted by Gasteiger charge is -2.20. The third kappa shape index (κ3) is 5.29. The van der Waals surface area contributed by atoms with Gasteiger partial charge in [-0.05, 0) is 18.5 Å². The van der Waals surface area contributed by atoms with Crippen LogP contribution < -0.4 is 5.32 Å². The first-order valence-corrected chi connectivity index (χ1v) is 10.0. The van der Waals surface area contributed by atoms with Gasteiger partial charge in [-0.15, -0.1) is 0 Å². The van der Waals surface area contributed by atoms with Crippen LogP contribution in [0.2, 0.25) is 0 Å². The maximum absolute atomic E-state index is 12.6. The van der Waals surface area contributed by atoms with Gasteiger partial charge >= 0.3 is 0 Å². The van der Waals surface area contributed by atoms with E-state index in [9.17, 15) is 4.79 Å². The van der Waals surface area contributed by atoms with Gasteiger partial charge in [-0.1, -0.05) is 44.2 Å². The fourth-order valence-corrected chi connectivity index (χ4v) is 3.78. The van der Waals surface area contributed by atoms with Gasteiger partial charge in [-0.2, -0.15) is 0 Å². The first-order valence-electron chi connectivity index (χ1n) is 10.0. The predicted molar refractivity (Wildman–Crippen MR) is 112 cm³/mol. The average Bonchev–Trinajstić information content (AvgIpc) is 3.02. The average molecular weight is 382 g/mol. The molecular formula is C22H31N5O. The molecule has 2 heterocycles. The largest absolute Gasteiger partial charge is 0.373 e. The standard InChI is InChI=1S/C22H31N5O/c1-16(2)12-26(4)15-21-24-19(11-20(23-3)25-21)18-10-22(28)27(14-18)13-17-8-6-5-7-9-17/h5-9,11,16,18H,10,12-15H2,1-4H3,(H,23,24,25)/t18-/m1/s1. The van der Waals surface area contributed by atoms with E-state index in [1.807, 2.05) is 36.2 Å². The summed E-state index contributed by atoms with van der Waals surface area (Å²) in [5, 5.41) is 3.14. The number of amides is 1. The van der Waals surface area contributed by atoms with Crippen LogP contribution in [0.5, 0.6) is 0 Å². The number of likely N-dealkylation sites (tertiary alicyclic amines) is 1. The van der Waals surface area contributed by atoms with Crippen molar-refractivity contribution in [3.63, 3.8) is 0 Å². The summed E-state index contributed by atoms with van der Waals surface area (Å²) in [6.07, 6.45) is 0.508. The van der Waals surface area contributed by atoms with Gasteiger partial charge in [0.1, 0.15) is 11.6 Å². The van der Waals surface area contributed by atoms with Crippen LogP contribution in [-0.2, 0) is 17.9 Å². The van der Waals surface area contributed by atoms with Crippen molar-refractivity contribution in [2.24, 2.45) is 5.92 Å². The smallest absolute Gasteiger partial charge is 0.223 e. The summed E-state index contributed by atoms with van der Waals surface area (Å²) < 4.78 is 0. The van der Waals surface area contributed by atoms with E-state index in [0.717, 1.165) is 29.4 Å². The molecule has 28 heavy (non-hydrogen) atoms. The van der Waals surface area contributed by atoms with Crippen LogP contribution in [0.25, 0.3) is 0 Å². The molecule has 6 nitrogen and oxygen atoms in total. The topological polar surface area (TPSA) is 61.4 Å². The van der Waals surface area contributed by atoms with Gasteiger partial charge in [-0.25, -0.2) is 9.97 Å². The number of aromatic nitrogens is 2. The zero-order valence-corrected chi connectivity index (χ0v) is 17.4. The van der Waals surface area contributed by atoms with Crippen LogP contribution in [0.4, 0.5) is 5.82 Å². The quantitative estimate of drug-likeness (QED) is 0.761. The van der Waals surface area contributed by atoms with E-state index < -0.39 is 0 Å². The highest BCUT2D eigenvalue weighted by molar-refractivity contribution is 5.79. The van der Waals surface area contributed by atoms with E-state index in [-0.39, 0.29) is 11.8 Å². The Morgan fingerprint density at radius 2 is 2.00 bits per heavy atom. The van der Waals surface area contributed by atoms with Gasteiger partial charge in [0.15, 0.2) is 0 Å². The van der Waals surface area contributed by atoms with Crippen LogP contribution in [0, 0.1) is 5.92 Å². The van der Waals surface area contributed by atoms with E-state index in [4.69, 9.17) is 4.98 Å². The molecule has 1 aromatic heterocycles. The van der Waals surface area contributed by atoms with Crippen LogP contribution in [-0.4, -0.2) is 52.9 Å². The maximum Gasteiger partial charge on any atom is 0.223 e. The Labute approximate surface area is 168 Å². The molecule has 1 atom stereocenters. The third-order valence-corrected chi connectivity index (χ3v) is 4.99. The molecule has 0 spiro atoms. The molecule has 150 valence electrons. The monoisotopic (exact) mass is 381 g/mol. The van der Waals surface area contributed by atoms with Gasteiger partial charge in [-0.3, -0.25) is 9.69 Å². The fourth-order valence-electron chi connectivity index (χ4n) is 3.78. The Balaban J connectivity index is 1.73. The summed E-state index contributed by atoms with van der Waals surface area (Å²) in [6, 6.07) is 12.1. The minimum absolute atomic E-state index is 0.112. The predicted octanol–water partition coefficient (Wildman–Crippen LogP) is 3.12. The molecule has 3 rings (SSSR count). The zero-order chi connectivity index (χ0) is 20.1. The summed E-state index contributed by atoms with van der Waals surface area (Å²) in [5.74, 6) is 2.51. The van der Waals surface area contributed by atoms with Gasteiger partial charge in [0.05, 0.1) is 12.2 Å². The number of hydrogen-bond donors (Lipinski definition) is 1. The molecule has 1 aliphatic heterocycles. The molecule has 6 heteroatoms. The van der Waals surface area contributed by atoms with Crippen LogP contribution >= 0.6 is 0 Å². The van der Waals surface area contributed by atoms with Crippen molar-refractivity contribution in [3.05, 3.63) is 53.5 Å². The van der Waals surface area contributed by atoms with E-state index in [1.165, 1.54) is 0 Å². The van der Waals surface area contributed by atoms with Gasteiger partial charge in [0.25, 0.3) is 0 Å². The molecule has 0 aliphatic carbocycles. The van der Waals surface area contributed by atoms with Crippen molar-refractivity contribution < 1.29 is 4.79 Å². The molecule has 1 amide bonds. The second-order valence-corrected chi connectivity index (χ2v) is 8.10. The Morgan fingerprint density at radius 3 is 2.68 bits per heavy atom. The maximum atomic E-state index is 12.6. The Kier molecular flexibility index (Phi) is 6.62. The van der Waals surface area contributed by atoms with E-state index in [2.05, 4.69) is 48.2 Å². The van der Waals surface area contributed by atoms with E-state index in [0.29, 0.717) is 32.0 Å². The number of anilines is 1. The molecule has 0 radical (unpaired) electrons. The SMILES string of the molecule is CNc1cc([C@@H]2CC(=O)N(Cc3ccccc3)C2)nc(CN(C)CC(C)C)n1. The summed E-state index contributed by atoms with van der Waals surface area (Å²) in [4.78, 5) is 26.2. The Hall–Kier alpha value is -2.47. The Morgan fingerprint density at radius 1 is 1.25 bits per heavy atom. The highest BCUT2D eigenvalue weighted by atomic mass is 16.2. The van der Waals surface area contributed by atoms with E-state index >= 15 is 0 Å². The normalized spacial score (nSPS) is 17.0. The lowest BCUT2D eigenvalue weighted by Crippen LogP contribution is -2.25. The molecule has 1 saturated heterocycles. The second kappa shape index (κ2) is 9.15. The minimum Gasteiger partial charge on any atom is -0.373 e. The van der Waals surface area contributed by atoms with Gasteiger partial charge in [0.2, 0.25) is 5.91 Å². The first kappa shape index (κ1) is 20.3. The number of carbonyl (C=O) groups is 1.